The van der Waals surface area contributed by atoms with Crippen LogP contribution in [0.3, 0.4) is 0 Å². The molecule has 34 heavy (non-hydrogen) atoms. The number of hydrogen-bond donors (Lipinski definition) is 1. The summed E-state index contributed by atoms with van der Waals surface area (Å²) in [6.45, 7) is 0.456. The fraction of sp³-hybridized carbons (Fsp3) is 0.207. The van der Waals surface area contributed by atoms with Gasteiger partial charge in [-0.1, -0.05) is 60.7 Å². The quantitative estimate of drug-likeness (QED) is 0.360. The van der Waals surface area contributed by atoms with E-state index in [9.17, 15) is 9.90 Å². The van der Waals surface area contributed by atoms with Crippen LogP contribution in [0, 0.1) is 0 Å². The molecule has 1 amide bonds. The molecule has 1 unspecified atom stereocenters. The van der Waals surface area contributed by atoms with Crippen molar-refractivity contribution in [3.05, 3.63) is 96.1 Å². The van der Waals surface area contributed by atoms with Gasteiger partial charge < -0.3 is 19.3 Å². The Labute approximate surface area is 200 Å². The van der Waals surface area contributed by atoms with Gasteiger partial charge in [0.15, 0.2) is 0 Å². The Bertz CT molecular complexity index is 1310. The Morgan fingerprint density at radius 1 is 1.06 bits per heavy atom. The van der Waals surface area contributed by atoms with Gasteiger partial charge in [0.1, 0.15) is 5.75 Å². The van der Waals surface area contributed by atoms with E-state index in [-0.39, 0.29) is 5.91 Å². The van der Waals surface area contributed by atoms with Crippen molar-refractivity contribution < 1.29 is 14.6 Å². The molecule has 1 heterocycles. The lowest BCUT2D eigenvalue weighted by Crippen LogP contribution is -2.27. The van der Waals surface area contributed by atoms with Crippen LogP contribution in [0.25, 0.3) is 28.2 Å². The molecule has 0 fully saturated rings. The highest BCUT2D eigenvalue weighted by Gasteiger charge is 2.16. The van der Waals surface area contributed by atoms with Crippen molar-refractivity contribution >= 4 is 22.9 Å². The second-order valence-corrected chi connectivity index (χ2v) is 8.38. The third kappa shape index (κ3) is 4.90. The van der Waals surface area contributed by atoms with Crippen molar-refractivity contribution in [2.75, 3.05) is 20.7 Å². The normalized spacial score (nSPS) is 12.2. The average Bonchev–Trinajstić information content (AvgIpc) is 3.17. The SMILES string of the molecule is COc1cccc(-c2c(C=CC(=O)N(C)CCC(O)c3ccccc3)c3ccccc3n2C)c1. The van der Waals surface area contributed by atoms with Crippen molar-refractivity contribution in [2.45, 2.75) is 12.5 Å². The van der Waals surface area contributed by atoms with Crippen LogP contribution in [0.5, 0.6) is 5.75 Å². The van der Waals surface area contributed by atoms with E-state index >= 15 is 0 Å². The number of nitrogens with zero attached hydrogens (tertiary/aromatic N) is 2. The maximum atomic E-state index is 12.9. The van der Waals surface area contributed by atoms with Crippen molar-refractivity contribution in [1.82, 2.24) is 9.47 Å². The van der Waals surface area contributed by atoms with Gasteiger partial charge in [-0.2, -0.15) is 0 Å². The molecule has 0 bridgehead atoms. The molecule has 0 spiro atoms. The van der Waals surface area contributed by atoms with E-state index in [1.54, 1.807) is 25.1 Å². The second-order valence-electron chi connectivity index (χ2n) is 8.38. The zero-order valence-corrected chi connectivity index (χ0v) is 19.8. The van der Waals surface area contributed by atoms with Gasteiger partial charge in [-0.15, -0.1) is 0 Å². The third-order valence-corrected chi connectivity index (χ3v) is 6.18. The van der Waals surface area contributed by atoms with Gasteiger partial charge in [-0.05, 0) is 36.3 Å². The summed E-state index contributed by atoms with van der Waals surface area (Å²) in [5, 5.41) is 11.5. The Balaban J connectivity index is 1.58. The molecule has 4 aromatic rings. The lowest BCUT2D eigenvalue weighted by Gasteiger charge is -2.18. The van der Waals surface area contributed by atoms with Crippen molar-refractivity contribution in [3.63, 3.8) is 0 Å². The summed E-state index contributed by atoms with van der Waals surface area (Å²) in [5.74, 6) is 0.676. The van der Waals surface area contributed by atoms with Crippen LogP contribution in [0.15, 0.2) is 84.9 Å². The topological polar surface area (TPSA) is 54.7 Å². The average molecular weight is 455 g/mol. The highest BCUT2D eigenvalue weighted by molar-refractivity contribution is 6.01. The third-order valence-electron chi connectivity index (χ3n) is 6.18. The minimum atomic E-state index is -0.599. The number of hydrogen-bond acceptors (Lipinski definition) is 3. The Hall–Kier alpha value is -3.83. The van der Waals surface area contributed by atoms with E-state index in [2.05, 4.69) is 16.7 Å². The molecule has 0 aliphatic heterocycles. The Morgan fingerprint density at radius 2 is 1.79 bits per heavy atom. The van der Waals surface area contributed by atoms with Crippen molar-refractivity contribution in [3.8, 4) is 17.0 Å². The summed E-state index contributed by atoms with van der Waals surface area (Å²) in [5.41, 5.74) is 4.97. The Morgan fingerprint density at radius 3 is 2.56 bits per heavy atom. The first-order chi connectivity index (χ1) is 16.5. The van der Waals surface area contributed by atoms with Crippen molar-refractivity contribution in [1.29, 1.82) is 0 Å². The lowest BCUT2D eigenvalue weighted by atomic mass is 10.0. The number of carbonyl (C=O) groups is 1. The molecular formula is C29H30N2O3. The smallest absolute Gasteiger partial charge is 0.246 e. The molecule has 5 heteroatoms. The van der Waals surface area contributed by atoms with Crippen LogP contribution < -0.4 is 4.74 Å². The molecule has 1 N–H and O–H groups in total. The number of amides is 1. The van der Waals surface area contributed by atoms with E-state index in [1.807, 2.05) is 79.9 Å². The first-order valence-corrected chi connectivity index (χ1v) is 11.4. The van der Waals surface area contributed by atoms with Crippen LogP contribution in [-0.4, -0.2) is 41.2 Å². The number of fused-ring (bicyclic) bond motifs is 1. The number of aryl methyl sites for hydroxylation is 1. The molecule has 3 aromatic carbocycles. The monoisotopic (exact) mass is 454 g/mol. The maximum absolute atomic E-state index is 12.9. The molecule has 0 saturated heterocycles. The molecular weight excluding hydrogens is 424 g/mol. The molecule has 4 rings (SSSR count). The molecule has 1 aromatic heterocycles. The van der Waals surface area contributed by atoms with Gasteiger partial charge >= 0.3 is 0 Å². The van der Waals surface area contributed by atoms with Crippen LogP contribution in [0.1, 0.15) is 23.7 Å². The van der Waals surface area contributed by atoms with Gasteiger partial charge in [0.25, 0.3) is 0 Å². The van der Waals surface area contributed by atoms with Crippen LogP contribution in [0.4, 0.5) is 0 Å². The summed E-state index contributed by atoms with van der Waals surface area (Å²) in [4.78, 5) is 14.5. The molecule has 5 nitrogen and oxygen atoms in total. The predicted molar refractivity (Wildman–Crippen MR) is 138 cm³/mol. The number of carbonyl (C=O) groups excluding carboxylic acids is 1. The van der Waals surface area contributed by atoms with E-state index in [1.165, 1.54) is 0 Å². The van der Waals surface area contributed by atoms with E-state index in [0.717, 1.165) is 39.0 Å². The van der Waals surface area contributed by atoms with Gasteiger partial charge in [0.05, 0.1) is 18.9 Å². The number of ether oxygens (including phenoxy) is 1. The minimum Gasteiger partial charge on any atom is -0.497 e. The molecule has 1 atom stereocenters. The number of benzene rings is 3. The zero-order valence-electron chi connectivity index (χ0n) is 19.8. The van der Waals surface area contributed by atoms with E-state index in [4.69, 9.17) is 4.74 Å². The van der Waals surface area contributed by atoms with Crippen LogP contribution in [-0.2, 0) is 11.8 Å². The summed E-state index contributed by atoms with van der Waals surface area (Å²) in [6, 6.07) is 25.6. The summed E-state index contributed by atoms with van der Waals surface area (Å²) >= 11 is 0. The van der Waals surface area contributed by atoms with Crippen LogP contribution >= 0.6 is 0 Å². The maximum Gasteiger partial charge on any atom is 0.246 e. The fourth-order valence-corrected chi connectivity index (χ4v) is 4.26. The number of likely N-dealkylation sites (N-methyl/N-ethyl adjacent to an activating group) is 1. The summed E-state index contributed by atoms with van der Waals surface area (Å²) < 4.78 is 7.58. The Kier molecular flexibility index (Phi) is 7.14. The van der Waals surface area contributed by atoms with Gasteiger partial charge in [0.2, 0.25) is 5.91 Å². The van der Waals surface area contributed by atoms with Gasteiger partial charge in [-0.3, -0.25) is 4.79 Å². The zero-order chi connectivity index (χ0) is 24.1. The van der Waals surface area contributed by atoms with E-state index in [0.29, 0.717) is 13.0 Å². The number of methoxy groups -OCH3 is 1. The number of aliphatic hydroxyl groups is 1. The lowest BCUT2D eigenvalue weighted by molar-refractivity contribution is -0.125. The first kappa shape index (κ1) is 23.3. The molecule has 0 aliphatic carbocycles. The first-order valence-electron chi connectivity index (χ1n) is 11.4. The van der Waals surface area contributed by atoms with Crippen molar-refractivity contribution in [2.24, 2.45) is 7.05 Å². The number of rotatable bonds is 8. The number of aromatic nitrogens is 1. The molecule has 0 radical (unpaired) electrons. The molecule has 0 saturated carbocycles. The predicted octanol–water partition coefficient (Wildman–Crippen LogP) is 5.45. The summed E-state index contributed by atoms with van der Waals surface area (Å²) in [7, 11) is 5.45. The standard InChI is InChI=1S/C29H30N2O3/c1-30(19-18-27(32)21-10-5-4-6-11-21)28(33)17-16-25-24-14-7-8-15-26(24)31(2)29(25)22-12-9-13-23(20-22)34-3/h4-17,20,27,32H,18-19H2,1-3H3. The second kappa shape index (κ2) is 10.4. The van der Waals surface area contributed by atoms with E-state index < -0.39 is 6.10 Å². The molecule has 0 aliphatic rings. The van der Waals surface area contributed by atoms with Crippen LogP contribution in [0.2, 0.25) is 0 Å². The largest absolute Gasteiger partial charge is 0.497 e. The van der Waals surface area contributed by atoms with Gasteiger partial charge in [-0.25, -0.2) is 0 Å². The number of para-hydroxylation sites is 1. The minimum absolute atomic E-state index is 0.107. The fourth-order valence-electron chi connectivity index (χ4n) is 4.26. The highest BCUT2D eigenvalue weighted by Crippen LogP contribution is 2.35. The number of aliphatic hydroxyl groups excluding tert-OH is 1. The van der Waals surface area contributed by atoms with Gasteiger partial charge in [0, 0.05) is 48.7 Å². The summed E-state index contributed by atoms with van der Waals surface area (Å²) in [6.07, 6.45) is 3.38. The molecule has 174 valence electrons. The highest BCUT2D eigenvalue weighted by atomic mass is 16.5.